The van der Waals surface area contributed by atoms with Crippen molar-refractivity contribution < 1.29 is 14.3 Å². The number of nitrogens with zero attached hydrogens (tertiary/aromatic N) is 3. The highest BCUT2D eigenvalue weighted by Gasteiger charge is 2.35. The first kappa shape index (κ1) is 20.5. The third-order valence-corrected chi connectivity index (χ3v) is 6.18. The lowest BCUT2D eigenvalue weighted by molar-refractivity contribution is -0.116. The first-order valence-corrected chi connectivity index (χ1v) is 10.9. The van der Waals surface area contributed by atoms with Crippen LogP contribution >= 0.6 is 27.7 Å². The number of thioether (sulfide) groups is 1. The first-order chi connectivity index (χ1) is 14.6. The van der Waals surface area contributed by atoms with Gasteiger partial charge >= 0.3 is 0 Å². The van der Waals surface area contributed by atoms with Crippen molar-refractivity contribution in [3.05, 3.63) is 69.7 Å². The highest BCUT2D eigenvalue weighted by atomic mass is 79.9. The van der Waals surface area contributed by atoms with Gasteiger partial charge < -0.3 is 9.47 Å². The van der Waals surface area contributed by atoms with Gasteiger partial charge in [-0.3, -0.25) is 15.1 Å². The largest absolute Gasteiger partial charge is 0.493 e. The van der Waals surface area contributed by atoms with Gasteiger partial charge in [0, 0.05) is 21.0 Å². The van der Waals surface area contributed by atoms with Crippen LogP contribution in [0, 0.1) is 0 Å². The van der Waals surface area contributed by atoms with Gasteiger partial charge in [-0.05, 0) is 18.2 Å². The molecule has 30 heavy (non-hydrogen) atoms. The summed E-state index contributed by atoms with van der Waals surface area (Å²) in [5.74, 6) is 1.56. The first-order valence-electron chi connectivity index (χ1n) is 9.09. The molecule has 2 aliphatic rings. The molecule has 2 heterocycles. The van der Waals surface area contributed by atoms with Gasteiger partial charge in [0.2, 0.25) is 0 Å². The van der Waals surface area contributed by atoms with Crippen LogP contribution in [0.2, 0.25) is 0 Å². The summed E-state index contributed by atoms with van der Waals surface area (Å²) in [6, 6.07) is 11.2. The lowest BCUT2D eigenvalue weighted by Crippen LogP contribution is -2.50. The highest BCUT2D eigenvalue weighted by molar-refractivity contribution is 9.10. The molecule has 0 saturated carbocycles. The van der Waals surface area contributed by atoms with Crippen LogP contribution in [0.25, 0.3) is 5.70 Å². The number of amides is 1. The molecule has 2 aromatic carbocycles. The fourth-order valence-electron chi connectivity index (χ4n) is 3.30. The summed E-state index contributed by atoms with van der Waals surface area (Å²) < 4.78 is 11.6. The summed E-state index contributed by atoms with van der Waals surface area (Å²) in [5, 5.41) is 11.2. The standard InChI is InChI=1S/C21H19BrN4O3S/c1-4-9-30-21-24-20(27)18-12-7-5-6-8-15(12)23-19(26(18)25-21)13-10-16(28-2)17(29-3)11-14(13)22/h4-8,10-11,19H,1,9H2,2-3H3,(H,24,25,27)/t19-/m0/s1. The number of benzene rings is 2. The Morgan fingerprint density at radius 2 is 2.00 bits per heavy atom. The number of nitrogens with one attached hydrogen (secondary N) is 1. The minimum atomic E-state index is -0.561. The number of carbonyl (C=O) groups is 1. The Morgan fingerprint density at radius 3 is 2.73 bits per heavy atom. The van der Waals surface area contributed by atoms with Crippen LogP contribution in [0.1, 0.15) is 11.7 Å². The quantitative estimate of drug-likeness (QED) is 0.657. The fourth-order valence-corrected chi connectivity index (χ4v) is 4.41. The average molecular weight is 487 g/mol. The molecule has 4 rings (SSSR count). The van der Waals surface area contributed by atoms with Gasteiger partial charge in [0.05, 0.1) is 19.6 Å². The zero-order chi connectivity index (χ0) is 21.3. The van der Waals surface area contributed by atoms with Crippen LogP contribution in [-0.2, 0) is 4.79 Å². The molecular formula is C21H19BrN4O3S. The minimum absolute atomic E-state index is 0.222. The smallest absolute Gasteiger partial charge is 0.276 e. The molecule has 0 unspecified atom stereocenters. The molecule has 2 aromatic rings. The number of para-hydroxylation sites is 1. The van der Waals surface area contributed by atoms with E-state index in [4.69, 9.17) is 19.6 Å². The van der Waals surface area contributed by atoms with Crippen LogP contribution < -0.4 is 25.4 Å². The van der Waals surface area contributed by atoms with Crippen molar-refractivity contribution in [1.82, 2.24) is 10.3 Å². The number of hydrogen-bond acceptors (Lipinski definition) is 7. The summed E-state index contributed by atoms with van der Waals surface area (Å²) in [4.78, 5) is 17.9. The summed E-state index contributed by atoms with van der Waals surface area (Å²) in [6.07, 6.45) is 1.20. The Morgan fingerprint density at radius 1 is 1.27 bits per heavy atom. The van der Waals surface area contributed by atoms with E-state index in [2.05, 4.69) is 27.8 Å². The highest BCUT2D eigenvalue weighted by Crippen LogP contribution is 2.40. The molecule has 2 aliphatic heterocycles. The second-order valence-corrected chi connectivity index (χ2v) is 8.26. The van der Waals surface area contributed by atoms with Crippen LogP contribution in [0.4, 0.5) is 0 Å². The van der Waals surface area contributed by atoms with Gasteiger partial charge in [0.25, 0.3) is 5.91 Å². The van der Waals surface area contributed by atoms with E-state index in [0.717, 1.165) is 20.6 Å². The maximum atomic E-state index is 13.0. The lowest BCUT2D eigenvalue weighted by Gasteiger charge is -2.34. The third-order valence-electron chi connectivity index (χ3n) is 4.63. The Kier molecular flexibility index (Phi) is 5.83. The summed E-state index contributed by atoms with van der Waals surface area (Å²) >= 11 is 5.02. The number of methoxy groups -OCH3 is 2. The predicted octanol–water partition coefficient (Wildman–Crippen LogP) is 2.53. The van der Waals surface area contributed by atoms with Crippen LogP contribution in [-0.4, -0.2) is 36.1 Å². The molecule has 0 saturated heterocycles. The lowest BCUT2D eigenvalue weighted by atomic mass is 10.1. The van der Waals surface area contributed by atoms with Crippen molar-refractivity contribution in [2.24, 2.45) is 10.1 Å². The Labute approximate surface area is 186 Å². The predicted molar refractivity (Wildman–Crippen MR) is 121 cm³/mol. The number of halogens is 1. The van der Waals surface area contributed by atoms with Crippen molar-refractivity contribution in [3.8, 4) is 11.5 Å². The van der Waals surface area contributed by atoms with Gasteiger partial charge in [-0.25, -0.2) is 5.01 Å². The number of hydrazone groups is 1. The molecule has 9 heteroatoms. The second-order valence-electron chi connectivity index (χ2n) is 6.40. The molecule has 0 spiro atoms. The minimum Gasteiger partial charge on any atom is -0.493 e. The molecule has 0 bridgehead atoms. The van der Waals surface area contributed by atoms with E-state index in [-0.39, 0.29) is 5.91 Å². The van der Waals surface area contributed by atoms with Crippen molar-refractivity contribution in [2.75, 3.05) is 20.0 Å². The Balaban J connectivity index is 1.93. The summed E-state index contributed by atoms with van der Waals surface area (Å²) in [7, 11) is 3.16. The van der Waals surface area contributed by atoms with Gasteiger partial charge in [0.1, 0.15) is 5.70 Å². The van der Waals surface area contributed by atoms with E-state index in [1.807, 2.05) is 36.4 Å². The number of rotatable bonds is 5. The SMILES string of the molecule is C=CCSC1=NN2C(=c3ccccc3=N[C@@H]2c2cc(OC)c(OC)cc2Br)C(=O)N1. The zero-order valence-corrected chi connectivity index (χ0v) is 18.8. The molecular weight excluding hydrogens is 468 g/mol. The molecule has 1 atom stereocenters. The Bertz CT molecular complexity index is 1180. The molecule has 0 aromatic heterocycles. The zero-order valence-electron chi connectivity index (χ0n) is 16.4. The number of hydrogen-bond donors (Lipinski definition) is 1. The number of amidine groups is 1. The topological polar surface area (TPSA) is 75.5 Å². The molecule has 0 aliphatic carbocycles. The summed E-state index contributed by atoms with van der Waals surface area (Å²) in [6.45, 7) is 3.73. The van der Waals surface area contributed by atoms with Crippen molar-refractivity contribution in [1.29, 1.82) is 0 Å². The molecule has 7 nitrogen and oxygen atoms in total. The van der Waals surface area contributed by atoms with Gasteiger partial charge in [-0.2, -0.15) is 0 Å². The van der Waals surface area contributed by atoms with Crippen molar-refractivity contribution in [2.45, 2.75) is 6.17 Å². The fraction of sp³-hybridized carbons (Fsp3) is 0.190. The summed E-state index contributed by atoms with van der Waals surface area (Å²) in [5.41, 5.74) is 1.25. The van der Waals surface area contributed by atoms with Gasteiger partial charge in [-0.15, -0.1) is 11.7 Å². The van der Waals surface area contributed by atoms with Crippen LogP contribution in [0.5, 0.6) is 11.5 Å². The van der Waals surface area contributed by atoms with Gasteiger partial charge in [0.15, 0.2) is 22.8 Å². The monoisotopic (exact) mass is 486 g/mol. The molecule has 154 valence electrons. The van der Waals surface area contributed by atoms with E-state index in [9.17, 15) is 4.79 Å². The number of ether oxygens (including phenoxy) is 2. The van der Waals surface area contributed by atoms with Crippen LogP contribution in [0.3, 0.4) is 0 Å². The average Bonchev–Trinajstić information content (AvgIpc) is 2.76. The third kappa shape index (κ3) is 3.59. The maximum absolute atomic E-state index is 13.0. The van der Waals surface area contributed by atoms with Crippen molar-refractivity contribution >= 4 is 44.5 Å². The number of carbonyl (C=O) groups excluding carboxylic acids is 1. The maximum Gasteiger partial charge on any atom is 0.276 e. The van der Waals surface area contributed by atoms with Crippen molar-refractivity contribution in [3.63, 3.8) is 0 Å². The van der Waals surface area contributed by atoms with E-state index >= 15 is 0 Å². The van der Waals surface area contributed by atoms with E-state index < -0.39 is 6.17 Å². The Hall–Kier alpha value is -2.78. The molecule has 0 fully saturated rings. The van der Waals surface area contributed by atoms with E-state index in [1.54, 1.807) is 25.3 Å². The normalized spacial score (nSPS) is 17.2. The molecule has 0 radical (unpaired) electrons. The molecule has 1 N–H and O–H groups in total. The van der Waals surface area contributed by atoms with Gasteiger partial charge in [-0.1, -0.05) is 52.0 Å². The van der Waals surface area contributed by atoms with E-state index in [0.29, 0.717) is 28.1 Å². The second kappa shape index (κ2) is 8.53. The number of fused-ring (bicyclic) bond motifs is 2. The van der Waals surface area contributed by atoms with E-state index in [1.165, 1.54) is 11.8 Å². The van der Waals surface area contributed by atoms with Crippen LogP contribution in [0.15, 0.2) is 63.6 Å². The molecule has 1 amide bonds.